The van der Waals surface area contributed by atoms with Crippen LogP contribution in [0.5, 0.6) is 0 Å². The average molecular weight is 394 g/mol. The lowest BCUT2D eigenvalue weighted by Gasteiger charge is -2.21. The van der Waals surface area contributed by atoms with Crippen molar-refractivity contribution in [2.75, 3.05) is 16.8 Å². The Bertz CT molecular complexity index is 654. The third-order valence-electron chi connectivity index (χ3n) is 3.35. The SMILES string of the molecule is O=C(Nc1cccc(C2SCCCS2)c1)c1ccc(Br)cc1. The van der Waals surface area contributed by atoms with Crippen LogP contribution in [-0.2, 0) is 0 Å². The third-order valence-corrected chi connectivity index (χ3v) is 6.89. The molecule has 1 amide bonds. The number of carbonyl (C=O) groups excluding carboxylic acids is 1. The van der Waals surface area contributed by atoms with Crippen molar-refractivity contribution in [3.8, 4) is 0 Å². The van der Waals surface area contributed by atoms with E-state index in [0.29, 0.717) is 10.1 Å². The van der Waals surface area contributed by atoms with Crippen molar-refractivity contribution in [1.29, 1.82) is 0 Å². The van der Waals surface area contributed by atoms with Crippen LogP contribution < -0.4 is 5.32 Å². The summed E-state index contributed by atoms with van der Waals surface area (Å²) in [5.74, 6) is 2.36. The minimum Gasteiger partial charge on any atom is -0.322 e. The Balaban J connectivity index is 1.72. The number of benzene rings is 2. The van der Waals surface area contributed by atoms with Gasteiger partial charge in [-0.15, -0.1) is 23.5 Å². The first-order chi connectivity index (χ1) is 10.7. The fourth-order valence-corrected chi connectivity index (χ4v) is 5.39. The van der Waals surface area contributed by atoms with E-state index in [1.165, 1.54) is 23.5 Å². The molecule has 1 fully saturated rings. The number of carbonyl (C=O) groups is 1. The maximum absolute atomic E-state index is 12.3. The largest absolute Gasteiger partial charge is 0.322 e. The first kappa shape index (κ1) is 16.0. The molecule has 1 heterocycles. The van der Waals surface area contributed by atoms with E-state index in [1.807, 2.05) is 59.9 Å². The topological polar surface area (TPSA) is 29.1 Å². The minimum atomic E-state index is -0.0754. The van der Waals surface area contributed by atoms with Crippen LogP contribution in [0.25, 0.3) is 0 Å². The van der Waals surface area contributed by atoms with Crippen LogP contribution >= 0.6 is 39.5 Å². The molecule has 0 bridgehead atoms. The van der Waals surface area contributed by atoms with Crippen LogP contribution in [0.2, 0.25) is 0 Å². The van der Waals surface area contributed by atoms with Gasteiger partial charge in [0.1, 0.15) is 0 Å². The van der Waals surface area contributed by atoms with E-state index in [0.717, 1.165) is 10.2 Å². The van der Waals surface area contributed by atoms with Gasteiger partial charge in [0.2, 0.25) is 0 Å². The molecule has 2 nitrogen and oxygen atoms in total. The highest BCUT2D eigenvalue weighted by Gasteiger charge is 2.17. The Morgan fingerprint density at radius 2 is 1.82 bits per heavy atom. The van der Waals surface area contributed by atoms with Crippen molar-refractivity contribution < 1.29 is 4.79 Å². The van der Waals surface area contributed by atoms with E-state index in [4.69, 9.17) is 0 Å². The summed E-state index contributed by atoms with van der Waals surface area (Å²) >= 11 is 7.35. The molecule has 2 aromatic rings. The highest BCUT2D eigenvalue weighted by Crippen LogP contribution is 2.44. The fraction of sp³-hybridized carbons (Fsp3) is 0.235. The Labute approximate surface area is 147 Å². The predicted octanol–water partition coefficient (Wildman–Crippen LogP) is 5.57. The fourth-order valence-electron chi connectivity index (χ4n) is 2.25. The summed E-state index contributed by atoms with van der Waals surface area (Å²) in [6.07, 6.45) is 1.28. The molecule has 114 valence electrons. The number of halogens is 1. The van der Waals surface area contributed by atoms with Crippen LogP contribution in [0.4, 0.5) is 5.69 Å². The first-order valence-corrected chi connectivity index (χ1v) is 10.0. The molecule has 22 heavy (non-hydrogen) atoms. The van der Waals surface area contributed by atoms with E-state index >= 15 is 0 Å². The molecule has 0 radical (unpaired) electrons. The van der Waals surface area contributed by atoms with Gasteiger partial charge in [-0.05, 0) is 59.9 Å². The summed E-state index contributed by atoms with van der Waals surface area (Å²) in [5, 5.41) is 2.98. The Hall–Kier alpha value is -0.910. The van der Waals surface area contributed by atoms with Crippen molar-refractivity contribution >= 4 is 51.0 Å². The second-order valence-electron chi connectivity index (χ2n) is 5.01. The van der Waals surface area contributed by atoms with Crippen LogP contribution in [-0.4, -0.2) is 17.4 Å². The van der Waals surface area contributed by atoms with Gasteiger partial charge in [0, 0.05) is 15.7 Å². The molecule has 1 saturated heterocycles. The summed E-state index contributed by atoms with van der Waals surface area (Å²) < 4.78 is 1.45. The molecule has 1 N–H and O–H groups in total. The van der Waals surface area contributed by atoms with Gasteiger partial charge < -0.3 is 5.32 Å². The average Bonchev–Trinajstić information content (AvgIpc) is 2.56. The Morgan fingerprint density at radius 3 is 2.55 bits per heavy atom. The van der Waals surface area contributed by atoms with E-state index in [9.17, 15) is 4.79 Å². The summed E-state index contributed by atoms with van der Waals surface area (Å²) in [5.41, 5.74) is 2.80. The first-order valence-electron chi connectivity index (χ1n) is 7.12. The Morgan fingerprint density at radius 1 is 1.09 bits per heavy atom. The van der Waals surface area contributed by atoms with Gasteiger partial charge in [-0.1, -0.05) is 28.1 Å². The van der Waals surface area contributed by atoms with E-state index in [-0.39, 0.29) is 5.91 Å². The number of hydrogen-bond acceptors (Lipinski definition) is 3. The third kappa shape index (κ3) is 4.09. The Kier molecular flexibility index (Phi) is 5.50. The molecule has 0 saturated carbocycles. The molecule has 5 heteroatoms. The number of hydrogen-bond donors (Lipinski definition) is 1. The van der Waals surface area contributed by atoms with Gasteiger partial charge in [0.15, 0.2) is 0 Å². The lowest BCUT2D eigenvalue weighted by Crippen LogP contribution is -2.12. The molecule has 0 spiro atoms. The van der Waals surface area contributed by atoms with Crippen LogP contribution in [0.3, 0.4) is 0 Å². The van der Waals surface area contributed by atoms with Crippen molar-refractivity contribution in [2.24, 2.45) is 0 Å². The number of thioether (sulfide) groups is 2. The summed E-state index contributed by atoms with van der Waals surface area (Å²) in [6, 6.07) is 15.6. The highest BCUT2D eigenvalue weighted by molar-refractivity contribution is 9.10. The summed E-state index contributed by atoms with van der Waals surface area (Å²) in [7, 11) is 0. The van der Waals surface area contributed by atoms with Crippen molar-refractivity contribution in [1.82, 2.24) is 0 Å². The van der Waals surface area contributed by atoms with Gasteiger partial charge in [-0.3, -0.25) is 4.79 Å². The number of anilines is 1. The monoisotopic (exact) mass is 393 g/mol. The lowest BCUT2D eigenvalue weighted by atomic mass is 10.2. The van der Waals surface area contributed by atoms with E-state index in [2.05, 4.69) is 33.4 Å². The van der Waals surface area contributed by atoms with Gasteiger partial charge in [-0.25, -0.2) is 0 Å². The molecule has 1 aliphatic rings. The molecule has 0 atom stereocenters. The summed E-state index contributed by atoms with van der Waals surface area (Å²) in [6.45, 7) is 0. The van der Waals surface area contributed by atoms with E-state index in [1.54, 1.807) is 0 Å². The van der Waals surface area contributed by atoms with Gasteiger partial charge in [-0.2, -0.15) is 0 Å². The molecule has 3 rings (SSSR count). The summed E-state index contributed by atoms with van der Waals surface area (Å²) in [4.78, 5) is 12.3. The zero-order valence-electron chi connectivity index (χ0n) is 11.9. The normalized spacial score (nSPS) is 15.5. The number of rotatable bonds is 3. The van der Waals surface area contributed by atoms with Crippen LogP contribution in [0, 0.1) is 0 Å². The predicted molar refractivity (Wildman–Crippen MR) is 101 cm³/mol. The zero-order chi connectivity index (χ0) is 15.4. The highest BCUT2D eigenvalue weighted by atomic mass is 79.9. The van der Waals surface area contributed by atoms with Gasteiger partial charge in [0.05, 0.1) is 4.58 Å². The van der Waals surface area contributed by atoms with Crippen molar-refractivity contribution in [3.05, 3.63) is 64.1 Å². The van der Waals surface area contributed by atoms with Gasteiger partial charge in [0.25, 0.3) is 5.91 Å². The quantitative estimate of drug-likeness (QED) is 0.738. The molecular weight excluding hydrogens is 378 g/mol. The molecule has 1 aliphatic heterocycles. The zero-order valence-corrected chi connectivity index (χ0v) is 15.1. The number of nitrogens with one attached hydrogen (secondary N) is 1. The second-order valence-corrected chi connectivity index (χ2v) is 8.65. The standard InChI is InChI=1S/C17H16BrNOS2/c18-14-7-5-12(6-8-14)16(20)19-15-4-1-3-13(11-15)17-21-9-2-10-22-17/h1,3-8,11,17H,2,9-10H2,(H,19,20). The molecule has 2 aromatic carbocycles. The van der Waals surface area contributed by atoms with E-state index < -0.39 is 0 Å². The van der Waals surface area contributed by atoms with Crippen molar-refractivity contribution in [2.45, 2.75) is 11.0 Å². The molecule has 0 unspecified atom stereocenters. The smallest absolute Gasteiger partial charge is 0.255 e. The molecule has 0 aliphatic carbocycles. The van der Waals surface area contributed by atoms with Gasteiger partial charge >= 0.3 is 0 Å². The molecule has 0 aromatic heterocycles. The van der Waals surface area contributed by atoms with Crippen LogP contribution in [0.1, 0.15) is 26.9 Å². The minimum absolute atomic E-state index is 0.0754. The molecular formula is C17H16BrNOS2. The maximum atomic E-state index is 12.3. The lowest BCUT2D eigenvalue weighted by molar-refractivity contribution is 0.102. The second kappa shape index (κ2) is 7.57. The number of amides is 1. The van der Waals surface area contributed by atoms with Crippen molar-refractivity contribution in [3.63, 3.8) is 0 Å². The van der Waals surface area contributed by atoms with Crippen LogP contribution in [0.15, 0.2) is 53.0 Å². The maximum Gasteiger partial charge on any atom is 0.255 e.